The lowest BCUT2D eigenvalue weighted by atomic mass is 10.2. The van der Waals surface area contributed by atoms with Gasteiger partial charge in [0.05, 0.1) is 11.3 Å². The minimum absolute atomic E-state index is 0.120. The second kappa shape index (κ2) is 8.18. The molecule has 0 spiro atoms. The van der Waals surface area contributed by atoms with Crippen LogP contribution in [0.25, 0.3) is 0 Å². The Morgan fingerprint density at radius 3 is 2.91 bits per heavy atom. The van der Waals surface area contributed by atoms with Crippen LogP contribution >= 0.6 is 0 Å². The van der Waals surface area contributed by atoms with Gasteiger partial charge in [0.1, 0.15) is 6.07 Å². The van der Waals surface area contributed by atoms with Crippen molar-refractivity contribution in [3.63, 3.8) is 0 Å². The van der Waals surface area contributed by atoms with E-state index in [4.69, 9.17) is 5.26 Å². The number of hydrogen-bond acceptors (Lipinski definition) is 3. The summed E-state index contributed by atoms with van der Waals surface area (Å²) in [6.07, 6.45) is 4.75. The molecule has 2 amide bonds. The number of nitriles is 1. The number of anilines is 1. The van der Waals surface area contributed by atoms with Crippen molar-refractivity contribution in [2.75, 3.05) is 18.4 Å². The van der Waals surface area contributed by atoms with Crippen LogP contribution in [-0.4, -0.2) is 29.8 Å². The molecule has 0 saturated carbocycles. The number of nitrogens with one attached hydrogen (secondary N) is 1. The average Bonchev–Trinajstić information content (AvgIpc) is 2.73. The van der Waals surface area contributed by atoms with Gasteiger partial charge in [-0.15, -0.1) is 0 Å². The van der Waals surface area contributed by atoms with E-state index in [2.05, 4.69) is 11.4 Å². The Labute approximate surface area is 130 Å². The number of benzene rings is 1. The second-order valence-corrected chi connectivity index (χ2v) is 5.50. The summed E-state index contributed by atoms with van der Waals surface area (Å²) in [5.41, 5.74) is 0.999. The molecule has 0 aromatic heterocycles. The molecule has 1 aliphatic rings. The van der Waals surface area contributed by atoms with E-state index < -0.39 is 0 Å². The molecule has 0 aliphatic carbocycles. The molecular weight excluding hydrogens is 278 g/mol. The molecule has 0 radical (unpaired) electrons. The van der Waals surface area contributed by atoms with E-state index in [0.29, 0.717) is 37.1 Å². The summed E-state index contributed by atoms with van der Waals surface area (Å²) in [6.45, 7) is 1.43. The van der Waals surface area contributed by atoms with Crippen molar-refractivity contribution in [1.82, 2.24) is 4.90 Å². The van der Waals surface area contributed by atoms with Crippen LogP contribution in [0.5, 0.6) is 0 Å². The molecule has 116 valence electrons. The third-order valence-corrected chi connectivity index (χ3v) is 3.82. The molecule has 5 heteroatoms. The molecular formula is C17H21N3O2. The van der Waals surface area contributed by atoms with Crippen LogP contribution in [0.4, 0.5) is 5.69 Å². The Morgan fingerprint density at radius 2 is 2.09 bits per heavy atom. The number of carbonyl (C=O) groups is 2. The molecule has 1 aromatic carbocycles. The number of rotatable bonds is 5. The monoisotopic (exact) mass is 299 g/mol. The summed E-state index contributed by atoms with van der Waals surface area (Å²) in [4.78, 5) is 25.7. The number of amides is 2. The van der Waals surface area contributed by atoms with Crippen molar-refractivity contribution in [1.29, 1.82) is 5.26 Å². The summed E-state index contributed by atoms with van der Waals surface area (Å²) in [6, 6.07) is 8.99. The zero-order valence-electron chi connectivity index (χ0n) is 12.7. The highest BCUT2D eigenvalue weighted by atomic mass is 16.2. The molecule has 2 rings (SSSR count). The van der Waals surface area contributed by atoms with Crippen LogP contribution in [0.3, 0.4) is 0 Å². The zero-order chi connectivity index (χ0) is 15.8. The predicted molar refractivity (Wildman–Crippen MR) is 84.1 cm³/mol. The quantitative estimate of drug-likeness (QED) is 0.908. The van der Waals surface area contributed by atoms with Crippen LogP contribution in [0.2, 0.25) is 0 Å². The van der Waals surface area contributed by atoms with Gasteiger partial charge in [-0.2, -0.15) is 5.26 Å². The van der Waals surface area contributed by atoms with Crippen molar-refractivity contribution in [2.45, 2.75) is 38.5 Å². The van der Waals surface area contributed by atoms with Crippen molar-refractivity contribution in [3.8, 4) is 6.07 Å². The van der Waals surface area contributed by atoms with Gasteiger partial charge in [-0.05, 0) is 31.4 Å². The average molecular weight is 299 g/mol. The summed E-state index contributed by atoms with van der Waals surface area (Å²) in [5.74, 6) is 0.0812. The van der Waals surface area contributed by atoms with Gasteiger partial charge in [-0.25, -0.2) is 0 Å². The van der Waals surface area contributed by atoms with Crippen LogP contribution in [-0.2, 0) is 9.59 Å². The fourth-order valence-corrected chi connectivity index (χ4v) is 2.61. The first-order valence-corrected chi connectivity index (χ1v) is 7.77. The SMILES string of the molecule is N#Cc1ccccc1NC(=O)CCCN1CCCCCC1=O. The van der Waals surface area contributed by atoms with E-state index in [1.54, 1.807) is 24.3 Å². The van der Waals surface area contributed by atoms with Gasteiger partial charge in [0.25, 0.3) is 0 Å². The number of likely N-dealkylation sites (tertiary alicyclic amines) is 1. The molecule has 1 aliphatic heterocycles. The predicted octanol–water partition coefficient (Wildman–Crippen LogP) is 2.68. The third kappa shape index (κ3) is 4.59. The summed E-state index contributed by atoms with van der Waals surface area (Å²) >= 11 is 0. The Bertz CT molecular complexity index is 578. The van der Waals surface area contributed by atoms with E-state index in [1.165, 1.54) is 0 Å². The van der Waals surface area contributed by atoms with E-state index in [1.807, 2.05) is 4.90 Å². The van der Waals surface area contributed by atoms with Gasteiger partial charge in [-0.3, -0.25) is 9.59 Å². The molecule has 0 atom stereocenters. The van der Waals surface area contributed by atoms with Gasteiger partial charge in [0, 0.05) is 25.9 Å². The van der Waals surface area contributed by atoms with Gasteiger partial charge >= 0.3 is 0 Å². The maximum absolute atomic E-state index is 11.9. The highest BCUT2D eigenvalue weighted by Crippen LogP contribution is 2.15. The molecule has 5 nitrogen and oxygen atoms in total. The molecule has 22 heavy (non-hydrogen) atoms. The number of para-hydroxylation sites is 1. The van der Waals surface area contributed by atoms with Gasteiger partial charge in [0.2, 0.25) is 11.8 Å². The molecule has 1 heterocycles. The lowest BCUT2D eigenvalue weighted by Crippen LogP contribution is -2.31. The maximum Gasteiger partial charge on any atom is 0.224 e. The highest BCUT2D eigenvalue weighted by Gasteiger charge is 2.16. The third-order valence-electron chi connectivity index (χ3n) is 3.82. The minimum atomic E-state index is -0.120. The standard InChI is InChI=1S/C17H21N3O2/c18-13-14-7-3-4-8-15(14)19-16(21)9-6-12-20-11-5-1-2-10-17(20)22/h3-4,7-8H,1-2,5-6,9-12H2,(H,19,21). The molecule has 1 fully saturated rings. The first-order valence-electron chi connectivity index (χ1n) is 7.77. The largest absolute Gasteiger partial charge is 0.343 e. The van der Waals surface area contributed by atoms with Crippen molar-refractivity contribution in [3.05, 3.63) is 29.8 Å². The van der Waals surface area contributed by atoms with Crippen LogP contribution in [0, 0.1) is 11.3 Å². The van der Waals surface area contributed by atoms with Crippen molar-refractivity contribution in [2.24, 2.45) is 0 Å². The molecule has 1 aromatic rings. The maximum atomic E-state index is 11.9. The topological polar surface area (TPSA) is 73.2 Å². The lowest BCUT2D eigenvalue weighted by Gasteiger charge is -2.20. The zero-order valence-corrected chi connectivity index (χ0v) is 12.7. The second-order valence-electron chi connectivity index (χ2n) is 5.50. The summed E-state index contributed by atoms with van der Waals surface area (Å²) in [5, 5.41) is 11.7. The van der Waals surface area contributed by atoms with E-state index in [0.717, 1.165) is 25.8 Å². The normalized spacial score (nSPS) is 15.0. The van der Waals surface area contributed by atoms with Crippen LogP contribution in [0.15, 0.2) is 24.3 Å². The molecule has 0 unspecified atom stereocenters. The van der Waals surface area contributed by atoms with E-state index in [9.17, 15) is 9.59 Å². The first-order chi connectivity index (χ1) is 10.7. The summed E-state index contributed by atoms with van der Waals surface area (Å²) in [7, 11) is 0. The smallest absolute Gasteiger partial charge is 0.224 e. The van der Waals surface area contributed by atoms with Crippen LogP contribution < -0.4 is 5.32 Å². The summed E-state index contributed by atoms with van der Waals surface area (Å²) < 4.78 is 0. The van der Waals surface area contributed by atoms with Crippen molar-refractivity contribution < 1.29 is 9.59 Å². The fraction of sp³-hybridized carbons (Fsp3) is 0.471. The van der Waals surface area contributed by atoms with E-state index >= 15 is 0 Å². The highest BCUT2D eigenvalue weighted by molar-refractivity contribution is 5.92. The van der Waals surface area contributed by atoms with Gasteiger partial charge in [0.15, 0.2) is 0 Å². The number of nitrogens with zero attached hydrogens (tertiary/aromatic N) is 2. The first kappa shape index (κ1) is 16.0. The number of carbonyl (C=O) groups excluding carboxylic acids is 2. The van der Waals surface area contributed by atoms with Crippen LogP contribution in [0.1, 0.15) is 44.1 Å². The Morgan fingerprint density at radius 1 is 1.27 bits per heavy atom. The Kier molecular flexibility index (Phi) is 5.96. The minimum Gasteiger partial charge on any atom is -0.343 e. The number of hydrogen-bond donors (Lipinski definition) is 1. The molecule has 0 bridgehead atoms. The molecule has 1 saturated heterocycles. The Balaban J connectivity index is 1.78. The lowest BCUT2D eigenvalue weighted by molar-refractivity contribution is -0.131. The van der Waals surface area contributed by atoms with Gasteiger partial charge < -0.3 is 10.2 Å². The van der Waals surface area contributed by atoms with E-state index in [-0.39, 0.29) is 11.8 Å². The van der Waals surface area contributed by atoms with Gasteiger partial charge in [-0.1, -0.05) is 18.6 Å². The fourth-order valence-electron chi connectivity index (χ4n) is 2.61. The van der Waals surface area contributed by atoms with Crippen molar-refractivity contribution >= 4 is 17.5 Å². The molecule has 1 N–H and O–H groups in total. The Hall–Kier alpha value is -2.35.